The van der Waals surface area contributed by atoms with Crippen molar-refractivity contribution in [2.45, 2.75) is 12.8 Å². The molecule has 2 heterocycles. The van der Waals surface area contributed by atoms with Gasteiger partial charge in [0.2, 0.25) is 5.91 Å². The van der Waals surface area contributed by atoms with Gasteiger partial charge in [0.15, 0.2) is 0 Å². The van der Waals surface area contributed by atoms with Crippen molar-refractivity contribution >= 4 is 11.8 Å². The molecule has 6 nitrogen and oxygen atoms in total. The molecule has 0 radical (unpaired) electrons. The number of piperidine rings is 1. The first-order valence-electron chi connectivity index (χ1n) is 7.14. The summed E-state index contributed by atoms with van der Waals surface area (Å²) in [5.74, 6) is 0.0135. The lowest BCUT2D eigenvalue weighted by Crippen LogP contribution is -2.43. The summed E-state index contributed by atoms with van der Waals surface area (Å²) < 4.78 is 0. The first-order chi connectivity index (χ1) is 9.77. The largest absolute Gasteiger partial charge is 0.387 e. The van der Waals surface area contributed by atoms with Gasteiger partial charge in [-0.15, -0.1) is 0 Å². The summed E-state index contributed by atoms with van der Waals surface area (Å²) in [6.07, 6.45) is 7.36. The molecule has 1 fully saturated rings. The molecule has 0 aromatic heterocycles. The van der Waals surface area contributed by atoms with Crippen LogP contribution in [0, 0.1) is 5.92 Å². The molecule has 1 atom stereocenters. The van der Waals surface area contributed by atoms with Crippen molar-refractivity contribution in [2.24, 2.45) is 5.92 Å². The molecule has 1 unspecified atom stereocenters. The zero-order chi connectivity index (χ0) is 14.2. The summed E-state index contributed by atoms with van der Waals surface area (Å²) in [7, 11) is 0. The Kier molecular flexibility index (Phi) is 5.61. The monoisotopic (exact) mass is 278 g/mol. The highest BCUT2D eigenvalue weighted by molar-refractivity contribution is 5.96. The van der Waals surface area contributed by atoms with Crippen LogP contribution in [0.1, 0.15) is 12.8 Å². The molecule has 0 aromatic carbocycles. The third kappa shape index (κ3) is 4.38. The first kappa shape index (κ1) is 14.6. The van der Waals surface area contributed by atoms with Crippen LogP contribution in [0.2, 0.25) is 0 Å². The zero-order valence-corrected chi connectivity index (χ0v) is 11.6. The molecule has 2 aliphatic heterocycles. The van der Waals surface area contributed by atoms with Crippen molar-refractivity contribution in [1.29, 1.82) is 0 Å². The van der Waals surface area contributed by atoms with Crippen LogP contribution in [0.4, 0.5) is 0 Å². The number of dihydropyridines is 1. The van der Waals surface area contributed by atoms with Crippen LogP contribution in [0.5, 0.6) is 0 Å². The van der Waals surface area contributed by atoms with E-state index < -0.39 is 0 Å². The molecule has 4 N–H and O–H groups in total. The highest BCUT2D eigenvalue weighted by atomic mass is 16.2. The Morgan fingerprint density at radius 1 is 1.30 bits per heavy atom. The van der Waals surface area contributed by atoms with Gasteiger partial charge in [-0.25, -0.2) is 0 Å². The fraction of sp³-hybridized carbons (Fsp3) is 0.571. The van der Waals surface area contributed by atoms with Crippen molar-refractivity contribution in [1.82, 2.24) is 21.3 Å². The van der Waals surface area contributed by atoms with Gasteiger partial charge in [0.05, 0.1) is 11.5 Å². The lowest BCUT2D eigenvalue weighted by Gasteiger charge is -2.21. The van der Waals surface area contributed by atoms with Gasteiger partial charge in [-0.1, -0.05) is 12.2 Å². The van der Waals surface area contributed by atoms with E-state index in [1.165, 1.54) is 0 Å². The maximum absolute atomic E-state index is 11.8. The van der Waals surface area contributed by atoms with E-state index in [0.29, 0.717) is 18.7 Å². The number of rotatable bonds is 5. The average molecular weight is 278 g/mol. The van der Waals surface area contributed by atoms with E-state index in [-0.39, 0.29) is 17.7 Å². The van der Waals surface area contributed by atoms with Crippen LogP contribution in [0.15, 0.2) is 23.9 Å². The van der Waals surface area contributed by atoms with Crippen LogP contribution in [-0.4, -0.2) is 44.5 Å². The number of carbonyl (C=O) groups excluding carboxylic acids is 2. The van der Waals surface area contributed by atoms with Crippen molar-refractivity contribution in [3.63, 3.8) is 0 Å². The highest BCUT2D eigenvalue weighted by Gasteiger charge is 2.20. The molecule has 0 spiro atoms. The van der Waals surface area contributed by atoms with Gasteiger partial charge < -0.3 is 21.3 Å². The Hall–Kier alpha value is -1.82. The normalized spacial score (nSPS) is 21.6. The number of hydrogen-bond donors (Lipinski definition) is 4. The summed E-state index contributed by atoms with van der Waals surface area (Å²) in [6, 6.07) is 0. The number of amides is 2. The first-order valence-corrected chi connectivity index (χ1v) is 7.14. The summed E-state index contributed by atoms with van der Waals surface area (Å²) >= 11 is 0. The van der Waals surface area contributed by atoms with E-state index in [9.17, 15) is 9.59 Å². The van der Waals surface area contributed by atoms with Gasteiger partial charge in [-0.2, -0.15) is 0 Å². The zero-order valence-electron chi connectivity index (χ0n) is 11.6. The minimum atomic E-state index is -0.123. The van der Waals surface area contributed by atoms with Gasteiger partial charge in [0.1, 0.15) is 0 Å². The van der Waals surface area contributed by atoms with Crippen molar-refractivity contribution in [3.8, 4) is 0 Å². The second kappa shape index (κ2) is 7.69. The number of carbonyl (C=O) groups is 2. The van der Waals surface area contributed by atoms with E-state index in [2.05, 4.69) is 21.3 Å². The van der Waals surface area contributed by atoms with Crippen LogP contribution in [0.25, 0.3) is 0 Å². The third-order valence-corrected chi connectivity index (χ3v) is 3.43. The number of nitrogens with one attached hydrogen (secondary N) is 4. The van der Waals surface area contributed by atoms with Crippen LogP contribution in [-0.2, 0) is 9.59 Å². The molecule has 2 amide bonds. The van der Waals surface area contributed by atoms with E-state index >= 15 is 0 Å². The van der Waals surface area contributed by atoms with Crippen molar-refractivity contribution in [2.75, 3.05) is 32.7 Å². The van der Waals surface area contributed by atoms with Gasteiger partial charge in [-0.05, 0) is 19.4 Å². The fourth-order valence-electron chi connectivity index (χ4n) is 2.30. The molecule has 0 bridgehead atoms. The molecule has 110 valence electrons. The van der Waals surface area contributed by atoms with Gasteiger partial charge in [0.25, 0.3) is 5.91 Å². The van der Waals surface area contributed by atoms with E-state index in [4.69, 9.17) is 0 Å². The quantitative estimate of drug-likeness (QED) is 0.499. The van der Waals surface area contributed by atoms with Gasteiger partial charge in [-0.3, -0.25) is 9.59 Å². The summed E-state index contributed by atoms with van der Waals surface area (Å²) in [5.41, 5.74) is 0.610. The lowest BCUT2D eigenvalue weighted by atomic mass is 9.99. The van der Waals surface area contributed by atoms with Crippen molar-refractivity contribution in [3.05, 3.63) is 23.9 Å². The standard InChI is InChI=1S/C14H22N4O2/c19-13(11-3-1-5-15-9-11)17-7-8-18-14(20)12-4-2-6-16-10-12/h1,3,9,12,15-16H,2,4-8,10H2,(H,17,19)(H,18,20). The van der Waals surface area contributed by atoms with E-state index in [1.54, 1.807) is 12.3 Å². The fourth-order valence-corrected chi connectivity index (χ4v) is 2.30. The predicted molar refractivity (Wildman–Crippen MR) is 76.8 cm³/mol. The second-order valence-electron chi connectivity index (χ2n) is 5.00. The Morgan fingerprint density at radius 3 is 2.85 bits per heavy atom. The maximum atomic E-state index is 11.8. The Labute approximate surface area is 119 Å². The third-order valence-electron chi connectivity index (χ3n) is 3.43. The number of hydrogen-bond acceptors (Lipinski definition) is 4. The summed E-state index contributed by atoms with van der Waals surface area (Å²) in [6.45, 7) is 3.40. The summed E-state index contributed by atoms with van der Waals surface area (Å²) in [5, 5.41) is 11.8. The molecular formula is C14H22N4O2. The summed E-state index contributed by atoms with van der Waals surface area (Å²) in [4.78, 5) is 23.6. The molecule has 0 saturated carbocycles. The molecule has 0 aliphatic carbocycles. The van der Waals surface area contributed by atoms with Crippen LogP contribution >= 0.6 is 0 Å². The topological polar surface area (TPSA) is 82.3 Å². The Morgan fingerprint density at radius 2 is 2.15 bits per heavy atom. The molecule has 1 saturated heterocycles. The molecule has 6 heteroatoms. The predicted octanol–water partition coefficient (Wildman–Crippen LogP) is -0.738. The smallest absolute Gasteiger partial charge is 0.252 e. The Balaban J connectivity index is 1.61. The Bertz CT molecular complexity index is 411. The molecular weight excluding hydrogens is 256 g/mol. The van der Waals surface area contributed by atoms with Crippen LogP contribution in [0.3, 0.4) is 0 Å². The van der Waals surface area contributed by atoms with Crippen molar-refractivity contribution < 1.29 is 9.59 Å². The molecule has 2 rings (SSSR count). The molecule has 2 aliphatic rings. The molecule has 0 aromatic rings. The van der Waals surface area contributed by atoms with E-state index in [0.717, 1.165) is 32.5 Å². The minimum Gasteiger partial charge on any atom is -0.387 e. The van der Waals surface area contributed by atoms with Gasteiger partial charge in [0, 0.05) is 32.4 Å². The SMILES string of the molecule is O=C(NCCNC(=O)C1CCCNC1)C1=CNCC=C1. The van der Waals surface area contributed by atoms with Crippen LogP contribution < -0.4 is 21.3 Å². The molecule has 20 heavy (non-hydrogen) atoms. The lowest BCUT2D eigenvalue weighted by molar-refractivity contribution is -0.125. The average Bonchev–Trinajstić information content (AvgIpc) is 2.53. The minimum absolute atomic E-state index is 0.0626. The maximum Gasteiger partial charge on any atom is 0.252 e. The van der Waals surface area contributed by atoms with Gasteiger partial charge >= 0.3 is 0 Å². The van der Waals surface area contributed by atoms with E-state index in [1.807, 2.05) is 6.08 Å². The highest BCUT2D eigenvalue weighted by Crippen LogP contribution is 2.09. The second-order valence-corrected chi connectivity index (χ2v) is 5.00.